The van der Waals surface area contributed by atoms with Crippen LogP contribution in [0.25, 0.3) is 0 Å². The van der Waals surface area contributed by atoms with Gasteiger partial charge in [-0.15, -0.1) is 0 Å². The normalized spacial score (nSPS) is 32.8. The molecule has 2 fully saturated rings. The highest BCUT2D eigenvalue weighted by Gasteiger charge is 2.65. The molecule has 0 N–H and O–H groups in total. The van der Waals surface area contributed by atoms with Crippen LogP contribution in [0.1, 0.15) is 47.5 Å². The van der Waals surface area contributed by atoms with Gasteiger partial charge in [-0.2, -0.15) is 0 Å². The van der Waals surface area contributed by atoms with Gasteiger partial charge in [0.2, 0.25) is 0 Å². The minimum atomic E-state index is -0.551. The average molecular weight is 269 g/mol. The van der Waals surface area contributed by atoms with Gasteiger partial charge in [0.15, 0.2) is 0 Å². The van der Waals surface area contributed by atoms with Crippen LogP contribution in [0, 0.1) is 5.41 Å². The molecule has 3 atom stereocenters. The monoisotopic (exact) mass is 269 g/mol. The topological polar surface area (TPSA) is 55.8 Å². The second kappa shape index (κ2) is 4.39. The lowest BCUT2D eigenvalue weighted by Crippen LogP contribution is -2.46. The van der Waals surface area contributed by atoms with Crippen LogP contribution < -0.4 is 0 Å². The Balaban J connectivity index is 2.11. The van der Waals surface area contributed by atoms with Gasteiger partial charge in [0, 0.05) is 6.04 Å². The fourth-order valence-corrected chi connectivity index (χ4v) is 2.80. The van der Waals surface area contributed by atoms with Crippen LogP contribution in [0.3, 0.4) is 0 Å². The Hall–Kier alpha value is -1.26. The van der Waals surface area contributed by atoms with E-state index in [9.17, 15) is 9.59 Å². The number of carbonyl (C=O) groups excluding carboxylic acids is 2. The number of likely N-dealkylation sites (tertiary alicyclic amines) is 1. The smallest absolute Gasteiger partial charge is 0.411 e. The van der Waals surface area contributed by atoms with Crippen LogP contribution in [-0.2, 0) is 14.3 Å². The molecular formula is C14H23NO4. The SMILES string of the molecule is CCOC(=O)C1CC2(C)CC2N1C(=O)OC(C)(C)C. The quantitative estimate of drug-likeness (QED) is 0.722. The summed E-state index contributed by atoms with van der Waals surface area (Å²) < 4.78 is 10.5. The molecule has 0 radical (unpaired) electrons. The van der Waals surface area contributed by atoms with E-state index in [1.54, 1.807) is 11.8 Å². The lowest BCUT2D eigenvalue weighted by Gasteiger charge is -2.29. The van der Waals surface area contributed by atoms with Crippen molar-refractivity contribution in [1.29, 1.82) is 0 Å². The molecule has 1 saturated heterocycles. The van der Waals surface area contributed by atoms with E-state index in [0.29, 0.717) is 13.0 Å². The number of hydrogen-bond acceptors (Lipinski definition) is 4. The van der Waals surface area contributed by atoms with Crippen molar-refractivity contribution in [2.24, 2.45) is 5.41 Å². The van der Waals surface area contributed by atoms with Crippen molar-refractivity contribution in [3.8, 4) is 0 Å². The predicted molar refractivity (Wildman–Crippen MR) is 69.6 cm³/mol. The van der Waals surface area contributed by atoms with Gasteiger partial charge in [-0.05, 0) is 46.0 Å². The number of fused-ring (bicyclic) bond motifs is 1. The van der Waals surface area contributed by atoms with Gasteiger partial charge < -0.3 is 9.47 Å². The van der Waals surface area contributed by atoms with Crippen LogP contribution in [0.5, 0.6) is 0 Å². The Morgan fingerprint density at radius 3 is 2.47 bits per heavy atom. The zero-order chi connectivity index (χ0) is 14.4. The largest absolute Gasteiger partial charge is 0.464 e. The molecule has 5 nitrogen and oxygen atoms in total. The number of esters is 1. The number of rotatable bonds is 2. The summed E-state index contributed by atoms with van der Waals surface area (Å²) in [5, 5.41) is 0. The highest BCUT2D eigenvalue weighted by molar-refractivity contribution is 5.83. The molecule has 108 valence electrons. The summed E-state index contributed by atoms with van der Waals surface area (Å²) in [5.74, 6) is -0.318. The van der Waals surface area contributed by atoms with Gasteiger partial charge in [-0.25, -0.2) is 9.59 Å². The summed E-state index contributed by atoms with van der Waals surface area (Å²) >= 11 is 0. The third kappa shape index (κ3) is 2.69. The van der Waals surface area contributed by atoms with Crippen molar-refractivity contribution in [2.75, 3.05) is 6.61 Å². The fourth-order valence-electron chi connectivity index (χ4n) is 2.80. The van der Waals surface area contributed by atoms with E-state index in [2.05, 4.69) is 6.92 Å². The molecule has 0 aromatic carbocycles. The Kier molecular flexibility index (Phi) is 3.27. The minimum Gasteiger partial charge on any atom is -0.464 e. The van der Waals surface area contributed by atoms with Crippen LogP contribution in [-0.4, -0.2) is 41.3 Å². The predicted octanol–water partition coefficient (Wildman–Crippen LogP) is 2.34. The molecule has 1 aliphatic heterocycles. The summed E-state index contributed by atoms with van der Waals surface area (Å²) in [6.45, 7) is 9.69. The number of amides is 1. The van der Waals surface area contributed by atoms with E-state index < -0.39 is 17.7 Å². The van der Waals surface area contributed by atoms with E-state index >= 15 is 0 Å². The van der Waals surface area contributed by atoms with Gasteiger partial charge in [0.25, 0.3) is 0 Å². The van der Waals surface area contributed by atoms with E-state index in [1.807, 2.05) is 20.8 Å². The van der Waals surface area contributed by atoms with Crippen LogP contribution in [0.15, 0.2) is 0 Å². The minimum absolute atomic E-state index is 0.0638. The average Bonchev–Trinajstić information content (AvgIpc) is 2.78. The Bertz CT molecular complexity index is 401. The van der Waals surface area contributed by atoms with Crippen molar-refractivity contribution in [3.63, 3.8) is 0 Å². The zero-order valence-corrected chi connectivity index (χ0v) is 12.4. The number of nitrogens with zero attached hydrogens (tertiary/aromatic N) is 1. The first kappa shape index (κ1) is 14.2. The standard InChI is InChI=1S/C14H23NO4/c1-6-18-11(16)9-7-14(5)8-10(14)15(9)12(17)19-13(2,3)4/h9-10H,6-8H2,1-5H3. The fraction of sp³-hybridized carbons (Fsp3) is 0.857. The first-order valence-corrected chi connectivity index (χ1v) is 6.86. The summed E-state index contributed by atoms with van der Waals surface area (Å²) in [7, 11) is 0. The summed E-state index contributed by atoms with van der Waals surface area (Å²) in [6.07, 6.45) is 1.22. The zero-order valence-electron chi connectivity index (χ0n) is 12.4. The molecule has 1 saturated carbocycles. The van der Waals surface area contributed by atoms with Gasteiger partial charge >= 0.3 is 12.1 Å². The van der Waals surface area contributed by atoms with Gasteiger partial charge in [-0.3, -0.25) is 4.90 Å². The second-order valence-electron chi connectivity index (χ2n) is 6.73. The van der Waals surface area contributed by atoms with E-state index in [1.165, 1.54) is 0 Å². The first-order valence-electron chi connectivity index (χ1n) is 6.86. The van der Waals surface area contributed by atoms with Crippen LogP contribution >= 0.6 is 0 Å². The molecule has 19 heavy (non-hydrogen) atoms. The van der Waals surface area contributed by atoms with Crippen molar-refractivity contribution in [2.45, 2.75) is 65.1 Å². The third-order valence-corrected chi connectivity index (χ3v) is 3.80. The van der Waals surface area contributed by atoms with Crippen molar-refractivity contribution < 1.29 is 19.1 Å². The number of hydrogen-bond donors (Lipinski definition) is 0. The lowest BCUT2D eigenvalue weighted by molar-refractivity contribution is -0.149. The second-order valence-corrected chi connectivity index (χ2v) is 6.73. The molecule has 1 amide bonds. The van der Waals surface area contributed by atoms with Crippen molar-refractivity contribution in [1.82, 2.24) is 4.90 Å². The van der Waals surface area contributed by atoms with Crippen LogP contribution in [0.4, 0.5) is 4.79 Å². The van der Waals surface area contributed by atoms with Gasteiger partial charge in [-0.1, -0.05) is 6.92 Å². The number of carbonyl (C=O) groups is 2. The maximum atomic E-state index is 12.3. The molecule has 0 aromatic rings. The van der Waals surface area contributed by atoms with E-state index in [4.69, 9.17) is 9.47 Å². The van der Waals surface area contributed by atoms with E-state index in [-0.39, 0.29) is 17.4 Å². The van der Waals surface area contributed by atoms with Crippen LogP contribution in [0.2, 0.25) is 0 Å². The van der Waals surface area contributed by atoms with Crippen molar-refractivity contribution >= 4 is 12.1 Å². The van der Waals surface area contributed by atoms with Gasteiger partial charge in [0.1, 0.15) is 11.6 Å². The third-order valence-electron chi connectivity index (χ3n) is 3.80. The van der Waals surface area contributed by atoms with Gasteiger partial charge in [0.05, 0.1) is 6.61 Å². The molecule has 1 aliphatic carbocycles. The Morgan fingerprint density at radius 1 is 1.32 bits per heavy atom. The van der Waals surface area contributed by atoms with Crippen molar-refractivity contribution in [3.05, 3.63) is 0 Å². The Morgan fingerprint density at radius 2 is 1.95 bits per heavy atom. The molecule has 0 aromatic heterocycles. The molecular weight excluding hydrogens is 246 g/mol. The highest BCUT2D eigenvalue weighted by atomic mass is 16.6. The number of piperidine rings is 1. The summed E-state index contributed by atoms with van der Waals surface area (Å²) in [4.78, 5) is 25.8. The molecule has 5 heteroatoms. The molecule has 0 spiro atoms. The summed E-state index contributed by atoms with van der Waals surface area (Å²) in [5.41, 5.74) is -0.488. The molecule has 2 rings (SSSR count). The maximum Gasteiger partial charge on any atom is 0.411 e. The molecule has 1 heterocycles. The molecule has 0 bridgehead atoms. The number of ether oxygens (including phenoxy) is 2. The molecule has 3 unspecified atom stereocenters. The first-order chi connectivity index (χ1) is 8.68. The maximum absolute atomic E-state index is 12.3. The summed E-state index contributed by atoms with van der Waals surface area (Å²) in [6, 6.07) is -0.365. The lowest BCUT2D eigenvalue weighted by atomic mass is 10.0. The van der Waals surface area contributed by atoms with E-state index in [0.717, 1.165) is 6.42 Å². The highest BCUT2D eigenvalue weighted by Crippen LogP contribution is 2.59. The molecule has 2 aliphatic rings. The Labute approximate surface area is 114 Å².